The van der Waals surface area contributed by atoms with Gasteiger partial charge >= 0.3 is 0 Å². The Kier molecular flexibility index (Phi) is 2.76. The van der Waals surface area contributed by atoms with Crippen LogP contribution in [0.3, 0.4) is 0 Å². The Labute approximate surface area is 107 Å². The van der Waals surface area contributed by atoms with E-state index >= 15 is 0 Å². The summed E-state index contributed by atoms with van der Waals surface area (Å²) in [4.78, 5) is 8.47. The Morgan fingerprint density at radius 3 is 2.76 bits per heavy atom. The molecule has 3 rings (SSSR count). The standard InChI is InChI=1S/C13H21N3S/c1-9(2)16-5-3-13(4-6-16)7-10-11(12(13)14)15-8-17-10/h8-9,12H,3-7,14H2,1-2H3/t12-/m1/s1. The normalized spacial score (nSPS) is 27.9. The monoisotopic (exact) mass is 251 g/mol. The van der Waals surface area contributed by atoms with Gasteiger partial charge in [0.25, 0.3) is 0 Å². The molecule has 1 aromatic heterocycles. The topological polar surface area (TPSA) is 42.2 Å². The van der Waals surface area contributed by atoms with Crippen LogP contribution >= 0.6 is 11.3 Å². The van der Waals surface area contributed by atoms with Crippen molar-refractivity contribution >= 4 is 11.3 Å². The third-order valence-corrected chi connectivity index (χ3v) is 5.51. The van der Waals surface area contributed by atoms with Gasteiger partial charge in [0.1, 0.15) is 0 Å². The first-order valence-corrected chi connectivity index (χ1v) is 7.42. The molecule has 0 bridgehead atoms. The highest BCUT2D eigenvalue weighted by Crippen LogP contribution is 2.51. The van der Waals surface area contributed by atoms with E-state index in [0.717, 1.165) is 0 Å². The Balaban J connectivity index is 1.76. The first-order valence-electron chi connectivity index (χ1n) is 6.54. The lowest BCUT2D eigenvalue weighted by atomic mass is 9.73. The first-order chi connectivity index (χ1) is 8.12. The molecular formula is C13H21N3S. The Morgan fingerprint density at radius 1 is 1.47 bits per heavy atom. The van der Waals surface area contributed by atoms with E-state index in [9.17, 15) is 0 Å². The van der Waals surface area contributed by atoms with Crippen molar-refractivity contribution < 1.29 is 0 Å². The molecular weight excluding hydrogens is 230 g/mol. The molecule has 0 radical (unpaired) electrons. The van der Waals surface area contributed by atoms with Crippen molar-refractivity contribution in [1.82, 2.24) is 9.88 Å². The fraction of sp³-hybridized carbons (Fsp3) is 0.769. The number of hydrogen-bond donors (Lipinski definition) is 1. The Hall–Kier alpha value is -0.450. The highest BCUT2D eigenvalue weighted by molar-refractivity contribution is 7.09. The van der Waals surface area contributed by atoms with Crippen LogP contribution in [0, 0.1) is 5.41 Å². The third-order valence-electron chi connectivity index (χ3n) is 4.66. The predicted octanol–water partition coefficient (Wildman–Crippen LogP) is 2.19. The number of thiazole rings is 1. The van der Waals surface area contributed by atoms with Crippen molar-refractivity contribution in [2.24, 2.45) is 11.1 Å². The Morgan fingerprint density at radius 2 is 2.18 bits per heavy atom. The highest BCUT2D eigenvalue weighted by Gasteiger charge is 2.47. The number of fused-ring (bicyclic) bond motifs is 1. The molecule has 1 aromatic rings. The zero-order valence-electron chi connectivity index (χ0n) is 10.6. The molecule has 0 amide bonds. The summed E-state index contributed by atoms with van der Waals surface area (Å²) in [5.74, 6) is 0. The van der Waals surface area contributed by atoms with Gasteiger partial charge in [0.05, 0.1) is 17.2 Å². The van der Waals surface area contributed by atoms with Crippen molar-refractivity contribution in [3.63, 3.8) is 0 Å². The molecule has 3 nitrogen and oxygen atoms in total. The second-order valence-electron chi connectivity index (χ2n) is 5.81. The van der Waals surface area contributed by atoms with Crippen molar-refractivity contribution in [2.75, 3.05) is 13.1 Å². The van der Waals surface area contributed by atoms with Crippen LogP contribution < -0.4 is 5.73 Å². The van der Waals surface area contributed by atoms with Gasteiger partial charge in [0, 0.05) is 10.9 Å². The van der Waals surface area contributed by atoms with Crippen LogP contribution in [0.5, 0.6) is 0 Å². The smallest absolute Gasteiger partial charge is 0.0798 e. The van der Waals surface area contributed by atoms with E-state index in [4.69, 9.17) is 5.73 Å². The van der Waals surface area contributed by atoms with Crippen molar-refractivity contribution in [1.29, 1.82) is 0 Å². The summed E-state index contributed by atoms with van der Waals surface area (Å²) in [5, 5.41) is 0. The number of rotatable bonds is 1. The van der Waals surface area contributed by atoms with E-state index in [1.54, 1.807) is 11.3 Å². The molecule has 2 N–H and O–H groups in total. The summed E-state index contributed by atoms with van der Waals surface area (Å²) >= 11 is 1.79. The van der Waals surface area contributed by atoms with Gasteiger partial charge in [-0.1, -0.05) is 0 Å². The van der Waals surface area contributed by atoms with Crippen LogP contribution in [-0.2, 0) is 6.42 Å². The summed E-state index contributed by atoms with van der Waals surface area (Å²) in [6, 6.07) is 0.843. The van der Waals surface area contributed by atoms with Crippen molar-refractivity contribution in [2.45, 2.75) is 45.2 Å². The highest BCUT2D eigenvalue weighted by atomic mass is 32.1. The molecule has 94 valence electrons. The average molecular weight is 251 g/mol. The number of piperidine rings is 1. The Bertz CT molecular complexity index is 405. The summed E-state index contributed by atoms with van der Waals surface area (Å²) in [5.41, 5.74) is 9.90. The molecule has 17 heavy (non-hydrogen) atoms. The number of likely N-dealkylation sites (tertiary alicyclic amines) is 1. The van der Waals surface area contributed by atoms with Gasteiger partial charge in [-0.2, -0.15) is 0 Å². The second-order valence-corrected chi connectivity index (χ2v) is 6.75. The molecule has 4 heteroatoms. The predicted molar refractivity (Wildman–Crippen MR) is 71.1 cm³/mol. The van der Waals surface area contributed by atoms with E-state index in [1.807, 2.05) is 5.51 Å². The lowest BCUT2D eigenvalue weighted by Crippen LogP contribution is -2.46. The van der Waals surface area contributed by atoms with E-state index < -0.39 is 0 Å². The quantitative estimate of drug-likeness (QED) is 0.832. The number of hydrogen-bond acceptors (Lipinski definition) is 4. The first kappa shape index (κ1) is 11.6. The maximum absolute atomic E-state index is 6.45. The van der Waals surface area contributed by atoms with Gasteiger partial charge in [-0.05, 0) is 51.6 Å². The van der Waals surface area contributed by atoms with E-state index in [0.29, 0.717) is 11.5 Å². The average Bonchev–Trinajstić information content (AvgIpc) is 2.84. The van der Waals surface area contributed by atoms with E-state index in [1.165, 1.54) is 42.9 Å². The fourth-order valence-electron chi connectivity index (χ4n) is 3.36. The van der Waals surface area contributed by atoms with Crippen LogP contribution in [0.2, 0.25) is 0 Å². The third kappa shape index (κ3) is 1.74. The molecule has 1 fully saturated rings. The van der Waals surface area contributed by atoms with Crippen LogP contribution in [0.1, 0.15) is 43.3 Å². The summed E-state index contributed by atoms with van der Waals surface area (Å²) in [7, 11) is 0. The molecule has 1 saturated heterocycles. The van der Waals surface area contributed by atoms with Gasteiger partial charge < -0.3 is 10.6 Å². The number of nitrogens with two attached hydrogens (primary N) is 1. The molecule has 0 saturated carbocycles. The van der Waals surface area contributed by atoms with E-state index in [-0.39, 0.29) is 6.04 Å². The molecule has 1 aliphatic carbocycles. The number of nitrogens with zero attached hydrogens (tertiary/aromatic N) is 2. The van der Waals surface area contributed by atoms with Gasteiger partial charge in [-0.3, -0.25) is 0 Å². The zero-order valence-corrected chi connectivity index (χ0v) is 11.5. The maximum atomic E-state index is 6.45. The van der Waals surface area contributed by atoms with Gasteiger partial charge in [0.15, 0.2) is 0 Å². The molecule has 2 heterocycles. The minimum absolute atomic E-state index is 0.179. The number of aromatic nitrogens is 1. The van der Waals surface area contributed by atoms with E-state index in [2.05, 4.69) is 23.7 Å². The van der Waals surface area contributed by atoms with Crippen molar-refractivity contribution in [3.05, 3.63) is 16.1 Å². The SMILES string of the molecule is CC(C)N1CCC2(CC1)Cc1scnc1[C@H]2N. The largest absolute Gasteiger partial charge is 0.322 e. The molecule has 1 aliphatic heterocycles. The summed E-state index contributed by atoms with van der Waals surface area (Å²) < 4.78 is 0. The minimum Gasteiger partial charge on any atom is -0.322 e. The lowest BCUT2D eigenvalue weighted by molar-refractivity contribution is 0.0706. The summed E-state index contributed by atoms with van der Waals surface area (Å²) in [6.07, 6.45) is 3.63. The fourth-order valence-corrected chi connectivity index (χ4v) is 4.32. The second kappa shape index (κ2) is 4.04. The molecule has 1 atom stereocenters. The zero-order chi connectivity index (χ0) is 12.0. The summed E-state index contributed by atoms with van der Waals surface area (Å²) in [6.45, 7) is 6.95. The van der Waals surface area contributed by atoms with Crippen LogP contribution in [-0.4, -0.2) is 29.0 Å². The molecule has 0 aromatic carbocycles. The van der Waals surface area contributed by atoms with Crippen LogP contribution in [0.4, 0.5) is 0 Å². The van der Waals surface area contributed by atoms with Crippen LogP contribution in [0.25, 0.3) is 0 Å². The lowest BCUT2D eigenvalue weighted by Gasteiger charge is -2.43. The van der Waals surface area contributed by atoms with Gasteiger partial charge in [-0.25, -0.2) is 4.98 Å². The molecule has 1 spiro atoms. The van der Waals surface area contributed by atoms with Crippen LogP contribution in [0.15, 0.2) is 5.51 Å². The maximum Gasteiger partial charge on any atom is 0.0798 e. The van der Waals surface area contributed by atoms with Gasteiger partial charge in [-0.15, -0.1) is 11.3 Å². The van der Waals surface area contributed by atoms with Gasteiger partial charge in [0.2, 0.25) is 0 Å². The minimum atomic E-state index is 0.179. The van der Waals surface area contributed by atoms with Crippen molar-refractivity contribution in [3.8, 4) is 0 Å². The molecule has 2 aliphatic rings. The molecule has 0 unspecified atom stereocenters.